The van der Waals surface area contributed by atoms with Gasteiger partial charge in [0.15, 0.2) is 10.6 Å². The minimum Gasteiger partial charge on any atom is -0.494 e. The van der Waals surface area contributed by atoms with Crippen molar-refractivity contribution in [2.24, 2.45) is 0 Å². The maximum absolute atomic E-state index is 12.6. The molecule has 3 rings (SSSR count). The fourth-order valence-corrected chi connectivity index (χ4v) is 3.68. The normalized spacial score (nSPS) is 11.7. The molecule has 0 bridgehead atoms. The van der Waals surface area contributed by atoms with E-state index in [9.17, 15) is 9.59 Å². The fraction of sp³-hybridized carbons (Fsp3) is 0.263. The summed E-state index contributed by atoms with van der Waals surface area (Å²) < 4.78 is 7.35. The quantitative estimate of drug-likeness (QED) is 0.475. The second-order valence-electron chi connectivity index (χ2n) is 6.10. The van der Waals surface area contributed by atoms with Crippen molar-refractivity contribution < 1.29 is 14.3 Å². The van der Waals surface area contributed by atoms with Crippen LogP contribution in [-0.2, 0) is 9.59 Å². The molecule has 10 heteroatoms. The van der Waals surface area contributed by atoms with E-state index in [0.717, 1.165) is 10.6 Å². The highest BCUT2D eigenvalue weighted by atomic mass is 32.1. The smallest absolute Gasteiger partial charge is 0.243 e. The molecule has 3 aromatic rings. The number of rotatable bonds is 8. The van der Waals surface area contributed by atoms with Crippen LogP contribution in [0, 0.1) is 4.77 Å². The minimum absolute atomic E-state index is 0.157. The summed E-state index contributed by atoms with van der Waals surface area (Å²) in [4.78, 5) is 25.6. The molecule has 3 N–H and O–H groups in total. The van der Waals surface area contributed by atoms with Crippen LogP contribution >= 0.6 is 23.6 Å². The Bertz CT molecular complexity index is 1030. The van der Waals surface area contributed by atoms with E-state index in [2.05, 4.69) is 20.8 Å². The number of nitrogens with zero attached hydrogens (tertiary/aromatic N) is 2. The first-order valence-electron chi connectivity index (χ1n) is 9.00. The van der Waals surface area contributed by atoms with Crippen LogP contribution in [0.1, 0.15) is 19.9 Å². The molecule has 0 aliphatic heterocycles. The van der Waals surface area contributed by atoms with E-state index in [1.54, 1.807) is 35.8 Å². The zero-order valence-electron chi connectivity index (χ0n) is 16.0. The Hall–Kier alpha value is -2.98. The maximum Gasteiger partial charge on any atom is 0.243 e. The number of carbonyl (C=O) groups excluding carboxylic acids is 2. The van der Waals surface area contributed by atoms with E-state index >= 15 is 0 Å². The first kappa shape index (κ1) is 20.7. The van der Waals surface area contributed by atoms with E-state index in [4.69, 9.17) is 17.0 Å². The number of carbonyl (C=O) groups is 2. The third kappa shape index (κ3) is 5.09. The first-order chi connectivity index (χ1) is 14.0. The molecule has 1 unspecified atom stereocenters. The number of aromatic amines is 1. The van der Waals surface area contributed by atoms with Gasteiger partial charge in [0.05, 0.1) is 18.0 Å². The van der Waals surface area contributed by atoms with Gasteiger partial charge in [0, 0.05) is 5.69 Å². The highest BCUT2D eigenvalue weighted by molar-refractivity contribution is 7.71. The number of amides is 2. The van der Waals surface area contributed by atoms with Crippen molar-refractivity contribution in [1.29, 1.82) is 0 Å². The van der Waals surface area contributed by atoms with Gasteiger partial charge < -0.3 is 15.4 Å². The number of H-pyrrole nitrogens is 1. The second kappa shape index (κ2) is 9.48. The van der Waals surface area contributed by atoms with Crippen molar-refractivity contribution >= 4 is 41.1 Å². The zero-order valence-corrected chi connectivity index (χ0v) is 17.6. The molecule has 0 aliphatic rings. The number of thiophene rings is 1. The predicted octanol–water partition coefficient (Wildman–Crippen LogP) is 3.38. The highest BCUT2D eigenvalue weighted by Crippen LogP contribution is 2.25. The molecule has 8 nitrogen and oxygen atoms in total. The Morgan fingerprint density at radius 1 is 1.31 bits per heavy atom. The van der Waals surface area contributed by atoms with Gasteiger partial charge in [-0.2, -0.15) is 5.10 Å². The van der Waals surface area contributed by atoms with E-state index in [-0.39, 0.29) is 18.4 Å². The van der Waals surface area contributed by atoms with Crippen LogP contribution in [0.5, 0.6) is 5.75 Å². The molecular formula is C19H21N5O3S2. The molecule has 1 aromatic carbocycles. The van der Waals surface area contributed by atoms with Crippen LogP contribution < -0.4 is 15.4 Å². The van der Waals surface area contributed by atoms with Crippen molar-refractivity contribution in [2.75, 3.05) is 18.5 Å². The van der Waals surface area contributed by atoms with Crippen molar-refractivity contribution in [3.63, 3.8) is 0 Å². The standard InChI is InChI=1S/C19H21N5O3S2/c1-3-27-14-8-6-13(7-9-14)21-16(25)11-20-18(26)12(2)24-17(22-23-19(24)28)15-5-4-10-29-15/h4-10,12H,3,11H2,1-2H3,(H,20,26)(H,21,25)(H,23,28). The molecule has 29 heavy (non-hydrogen) atoms. The molecule has 152 valence electrons. The van der Waals surface area contributed by atoms with Crippen LogP contribution in [0.4, 0.5) is 5.69 Å². The average molecular weight is 432 g/mol. The van der Waals surface area contributed by atoms with Gasteiger partial charge in [0.1, 0.15) is 11.8 Å². The van der Waals surface area contributed by atoms with Crippen molar-refractivity contribution in [3.05, 3.63) is 46.5 Å². The van der Waals surface area contributed by atoms with Gasteiger partial charge >= 0.3 is 0 Å². The number of aromatic nitrogens is 3. The lowest BCUT2D eigenvalue weighted by molar-refractivity contribution is -0.126. The van der Waals surface area contributed by atoms with Gasteiger partial charge in [0.2, 0.25) is 11.8 Å². The Morgan fingerprint density at radius 3 is 2.72 bits per heavy atom. The topological polar surface area (TPSA) is 101 Å². The molecule has 0 radical (unpaired) electrons. The summed E-state index contributed by atoms with van der Waals surface area (Å²) in [5.74, 6) is 0.656. The third-order valence-corrected chi connectivity index (χ3v) is 5.24. The van der Waals surface area contributed by atoms with E-state index < -0.39 is 6.04 Å². The number of hydrogen-bond donors (Lipinski definition) is 3. The number of anilines is 1. The molecule has 2 aromatic heterocycles. The van der Waals surface area contributed by atoms with Gasteiger partial charge in [-0.05, 0) is 61.8 Å². The van der Waals surface area contributed by atoms with Gasteiger partial charge in [0.25, 0.3) is 0 Å². The summed E-state index contributed by atoms with van der Waals surface area (Å²) in [5.41, 5.74) is 0.623. The summed E-state index contributed by atoms with van der Waals surface area (Å²) in [6.07, 6.45) is 0. The van der Waals surface area contributed by atoms with Gasteiger partial charge in [-0.15, -0.1) is 11.3 Å². The SMILES string of the molecule is CCOc1ccc(NC(=O)CNC(=O)C(C)n2c(-c3cccs3)n[nH]c2=S)cc1. The van der Waals surface area contributed by atoms with E-state index in [1.807, 2.05) is 24.4 Å². The molecule has 1 atom stereocenters. The van der Waals surface area contributed by atoms with Crippen LogP contribution in [0.3, 0.4) is 0 Å². The van der Waals surface area contributed by atoms with Gasteiger partial charge in [-0.1, -0.05) is 6.07 Å². The Kier molecular flexibility index (Phi) is 6.78. The molecule has 0 saturated heterocycles. The van der Waals surface area contributed by atoms with Crippen molar-refractivity contribution in [2.45, 2.75) is 19.9 Å². The predicted molar refractivity (Wildman–Crippen MR) is 115 cm³/mol. The molecular weight excluding hydrogens is 410 g/mol. The summed E-state index contributed by atoms with van der Waals surface area (Å²) in [6, 6.07) is 10.2. The fourth-order valence-electron chi connectivity index (χ4n) is 2.68. The number of ether oxygens (including phenoxy) is 1. The lowest BCUT2D eigenvalue weighted by Crippen LogP contribution is -2.37. The second-order valence-corrected chi connectivity index (χ2v) is 7.43. The van der Waals surface area contributed by atoms with Crippen molar-refractivity contribution in [1.82, 2.24) is 20.1 Å². The molecule has 0 saturated carbocycles. The lowest BCUT2D eigenvalue weighted by atomic mass is 10.3. The molecule has 0 aliphatic carbocycles. The van der Waals surface area contributed by atoms with Crippen LogP contribution in [0.25, 0.3) is 10.7 Å². The largest absolute Gasteiger partial charge is 0.494 e. The average Bonchev–Trinajstić information content (AvgIpc) is 3.37. The summed E-state index contributed by atoms with van der Waals surface area (Å²) in [6.45, 7) is 4.03. The Balaban J connectivity index is 1.59. The first-order valence-corrected chi connectivity index (χ1v) is 10.3. The number of benzene rings is 1. The summed E-state index contributed by atoms with van der Waals surface area (Å²) in [7, 11) is 0. The summed E-state index contributed by atoms with van der Waals surface area (Å²) >= 11 is 6.78. The highest BCUT2D eigenvalue weighted by Gasteiger charge is 2.21. The zero-order chi connectivity index (χ0) is 20.8. The number of hydrogen-bond acceptors (Lipinski definition) is 6. The lowest BCUT2D eigenvalue weighted by Gasteiger charge is -2.15. The number of nitrogens with one attached hydrogen (secondary N) is 3. The van der Waals surface area contributed by atoms with Crippen molar-refractivity contribution in [3.8, 4) is 16.5 Å². The summed E-state index contributed by atoms with van der Waals surface area (Å²) in [5, 5.41) is 14.2. The third-order valence-electron chi connectivity index (χ3n) is 4.08. The minimum atomic E-state index is -0.628. The van der Waals surface area contributed by atoms with Crippen LogP contribution in [-0.4, -0.2) is 39.7 Å². The van der Waals surface area contributed by atoms with Gasteiger partial charge in [-0.25, -0.2) is 0 Å². The molecule has 2 heterocycles. The van der Waals surface area contributed by atoms with E-state index in [1.165, 1.54) is 11.3 Å². The van der Waals surface area contributed by atoms with Crippen LogP contribution in [0.15, 0.2) is 41.8 Å². The molecule has 0 fully saturated rings. The monoisotopic (exact) mass is 431 g/mol. The van der Waals surface area contributed by atoms with Crippen LogP contribution in [0.2, 0.25) is 0 Å². The Morgan fingerprint density at radius 2 is 2.07 bits per heavy atom. The maximum atomic E-state index is 12.6. The molecule has 0 spiro atoms. The molecule has 2 amide bonds. The Labute approximate surface area is 176 Å². The van der Waals surface area contributed by atoms with Gasteiger partial charge in [-0.3, -0.25) is 19.3 Å². The van der Waals surface area contributed by atoms with E-state index in [0.29, 0.717) is 22.9 Å².